The first-order chi connectivity index (χ1) is 12.5. The van der Waals surface area contributed by atoms with E-state index in [2.05, 4.69) is 34.4 Å². The molecule has 0 atom stereocenters. The maximum absolute atomic E-state index is 13.5. The van der Waals surface area contributed by atoms with E-state index in [-0.39, 0.29) is 41.9 Å². The minimum absolute atomic E-state index is 0. The van der Waals surface area contributed by atoms with Crippen LogP contribution < -0.4 is 10.6 Å². The molecule has 154 valence electrons. The zero-order valence-electron chi connectivity index (χ0n) is 16.7. The van der Waals surface area contributed by atoms with Gasteiger partial charge < -0.3 is 15.7 Å². The van der Waals surface area contributed by atoms with Gasteiger partial charge in [-0.1, -0.05) is 12.5 Å². The number of rotatable bonds is 7. The maximum Gasteiger partial charge on any atom is 0.191 e. The molecular weight excluding hydrogens is 458 g/mol. The Hall–Kier alpha value is -0.930. The highest BCUT2D eigenvalue weighted by Crippen LogP contribution is 2.19. The molecule has 3 N–H and O–H groups in total. The fourth-order valence-electron chi connectivity index (χ4n) is 3.27. The standard InChI is InChI=1S/C20H33FN4O.HI/c1-4-22-19(23-13-16-8-9-18(21)17(12-16)14-26)24-15-20(2,3)25-10-6-5-7-11-25;/h8-9,12,26H,4-7,10-11,13-15H2,1-3H3,(H2,22,23,24);1H. The zero-order valence-corrected chi connectivity index (χ0v) is 19.1. The number of aliphatic imine (C=N–C) groups is 1. The molecule has 1 heterocycles. The van der Waals surface area contributed by atoms with Gasteiger partial charge in [-0.15, -0.1) is 24.0 Å². The monoisotopic (exact) mass is 492 g/mol. The Morgan fingerprint density at radius 3 is 2.56 bits per heavy atom. The molecule has 1 aliphatic rings. The fraction of sp³-hybridized carbons (Fsp3) is 0.650. The van der Waals surface area contributed by atoms with Crippen LogP contribution in [-0.2, 0) is 13.2 Å². The molecule has 7 heteroatoms. The van der Waals surface area contributed by atoms with E-state index in [1.165, 1.54) is 25.3 Å². The van der Waals surface area contributed by atoms with Crippen LogP contribution in [0, 0.1) is 5.82 Å². The van der Waals surface area contributed by atoms with E-state index in [1.807, 2.05) is 6.92 Å². The molecule has 1 aliphatic heterocycles. The second-order valence-corrected chi connectivity index (χ2v) is 7.49. The summed E-state index contributed by atoms with van der Waals surface area (Å²) in [6, 6.07) is 4.76. The summed E-state index contributed by atoms with van der Waals surface area (Å²) < 4.78 is 13.5. The van der Waals surface area contributed by atoms with Crippen molar-refractivity contribution in [2.75, 3.05) is 26.2 Å². The maximum atomic E-state index is 13.5. The summed E-state index contributed by atoms with van der Waals surface area (Å²) >= 11 is 0. The SMILES string of the molecule is CCNC(=NCc1ccc(F)c(CO)c1)NCC(C)(C)N1CCCCC1.I. The van der Waals surface area contributed by atoms with Crippen LogP contribution in [-0.4, -0.2) is 47.7 Å². The lowest BCUT2D eigenvalue weighted by molar-refractivity contribution is 0.0982. The normalized spacial score (nSPS) is 16.0. The Bertz CT molecular complexity index is 604. The highest BCUT2D eigenvalue weighted by atomic mass is 127. The summed E-state index contributed by atoms with van der Waals surface area (Å²) in [5.41, 5.74) is 1.25. The van der Waals surface area contributed by atoms with Crippen molar-refractivity contribution in [2.24, 2.45) is 4.99 Å². The third kappa shape index (κ3) is 7.54. The van der Waals surface area contributed by atoms with Crippen LogP contribution in [0.15, 0.2) is 23.2 Å². The molecule has 0 radical (unpaired) electrons. The lowest BCUT2D eigenvalue weighted by Gasteiger charge is -2.41. The summed E-state index contributed by atoms with van der Waals surface area (Å²) in [6.07, 6.45) is 3.88. The Labute approximate surface area is 179 Å². The first-order valence-corrected chi connectivity index (χ1v) is 9.61. The van der Waals surface area contributed by atoms with Crippen LogP contribution in [0.2, 0.25) is 0 Å². The number of likely N-dealkylation sites (tertiary alicyclic amines) is 1. The van der Waals surface area contributed by atoms with Gasteiger partial charge in [-0.25, -0.2) is 9.38 Å². The molecule has 1 aromatic carbocycles. The molecular formula is C20H34FIN4O. The molecule has 0 unspecified atom stereocenters. The number of halogens is 2. The highest BCUT2D eigenvalue weighted by molar-refractivity contribution is 14.0. The van der Waals surface area contributed by atoms with Crippen molar-refractivity contribution >= 4 is 29.9 Å². The molecule has 0 aliphatic carbocycles. The van der Waals surface area contributed by atoms with Crippen LogP contribution >= 0.6 is 24.0 Å². The topological polar surface area (TPSA) is 59.9 Å². The molecule has 0 aromatic heterocycles. The second-order valence-electron chi connectivity index (χ2n) is 7.49. The zero-order chi connectivity index (χ0) is 19.0. The van der Waals surface area contributed by atoms with E-state index in [1.54, 1.807) is 12.1 Å². The van der Waals surface area contributed by atoms with Gasteiger partial charge in [0.2, 0.25) is 0 Å². The second kappa shape index (κ2) is 11.8. The largest absolute Gasteiger partial charge is 0.392 e. The lowest BCUT2D eigenvalue weighted by Crippen LogP contribution is -2.54. The molecule has 0 amide bonds. The molecule has 0 spiro atoms. The first-order valence-electron chi connectivity index (χ1n) is 9.61. The molecule has 27 heavy (non-hydrogen) atoms. The molecule has 0 saturated carbocycles. The van der Waals surface area contributed by atoms with Crippen molar-refractivity contribution in [1.82, 2.24) is 15.5 Å². The Balaban J connectivity index is 0.00000364. The van der Waals surface area contributed by atoms with E-state index >= 15 is 0 Å². The molecule has 0 bridgehead atoms. The number of nitrogens with zero attached hydrogens (tertiary/aromatic N) is 2. The minimum atomic E-state index is -0.381. The summed E-state index contributed by atoms with van der Waals surface area (Å²) in [6.45, 7) is 10.6. The van der Waals surface area contributed by atoms with Crippen molar-refractivity contribution < 1.29 is 9.50 Å². The van der Waals surface area contributed by atoms with Gasteiger partial charge in [0.25, 0.3) is 0 Å². The number of nitrogens with one attached hydrogen (secondary N) is 2. The Morgan fingerprint density at radius 2 is 1.93 bits per heavy atom. The summed E-state index contributed by atoms with van der Waals surface area (Å²) in [5.74, 6) is 0.376. The van der Waals surface area contributed by atoms with E-state index in [0.717, 1.165) is 37.7 Å². The van der Waals surface area contributed by atoms with Gasteiger partial charge >= 0.3 is 0 Å². The third-order valence-electron chi connectivity index (χ3n) is 4.95. The third-order valence-corrected chi connectivity index (χ3v) is 4.95. The molecule has 1 aromatic rings. The Morgan fingerprint density at radius 1 is 1.22 bits per heavy atom. The van der Waals surface area contributed by atoms with E-state index in [9.17, 15) is 9.50 Å². The van der Waals surface area contributed by atoms with Gasteiger partial charge in [-0.2, -0.15) is 0 Å². The van der Waals surface area contributed by atoms with Gasteiger partial charge in [0.05, 0.1) is 13.2 Å². The van der Waals surface area contributed by atoms with E-state index in [4.69, 9.17) is 0 Å². The van der Waals surface area contributed by atoms with Gasteiger partial charge in [-0.05, 0) is 64.4 Å². The van der Waals surface area contributed by atoms with E-state index < -0.39 is 0 Å². The van der Waals surface area contributed by atoms with Gasteiger partial charge in [0.15, 0.2) is 5.96 Å². The van der Waals surface area contributed by atoms with Crippen molar-refractivity contribution in [3.63, 3.8) is 0 Å². The molecule has 5 nitrogen and oxygen atoms in total. The molecule has 1 saturated heterocycles. The molecule has 2 rings (SSSR count). The van der Waals surface area contributed by atoms with Crippen molar-refractivity contribution in [3.05, 3.63) is 35.1 Å². The van der Waals surface area contributed by atoms with Gasteiger partial charge in [0.1, 0.15) is 5.82 Å². The van der Waals surface area contributed by atoms with Crippen LogP contribution in [0.1, 0.15) is 51.2 Å². The highest BCUT2D eigenvalue weighted by Gasteiger charge is 2.27. The smallest absolute Gasteiger partial charge is 0.191 e. The van der Waals surface area contributed by atoms with Crippen LogP contribution in [0.3, 0.4) is 0 Å². The molecule has 1 fully saturated rings. The minimum Gasteiger partial charge on any atom is -0.392 e. The van der Waals surface area contributed by atoms with E-state index in [0.29, 0.717) is 12.1 Å². The van der Waals surface area contributed by atoms with Crippen LogP contribution in [0.4, 0.5) is 4.39 Å². The quantitative estimate of drug-likeness (QED) is 0.311. The van der Waals surface area contributed by atoms with Crippen molar-refractivity contribution in [2.45, 2.75) is 58.7 Å². The van der Waals surface area contributed by atoms with Gasteiger partial charge in [0, 0.05) is 24.2 Å². The van der Waals surface area contributed by atoms with Crippen LogP contribution in [0.25, 0.3) is 0 Å². The predicted octanol–water partition coefficient (Wildman–Crippen LogP) is 3.26. The lowest BCUT2D eigenvalue weighted by atomic mass is 9.98. The fourth-order valence-corrected chi connectivity index (χ4v) is 3.27. The summed E-state index contributed by atoms with van der Waals surface area (Å²) in [4.78, 5) is 7.15. The Kier molecular flexibility index (Phi) is 10.5. The number of aliphatic hydroxyl groups excluding tert-OH is 1. The average molecular weight is 492 g/mol. The summed E-state index contributed by atoms with van der Waals surface area (Å²) in [5, 5.41) is 15.9. The number of hydrogen-bond donors (Lipinski definition) is 3. The van der Waals surface area contributed by atoms with Crippen molar-refractivity contribution in [3.8, 4) is 0 Å². The summed E-state index contributed by atoms with van der Waals surface area (Å²) in [7, 11) is 0. The van der Waals surface area contributed by atoms with Gasteiger partial charge in [-0.3, -0.25) is 4.90 Å². The predicted molar refractivity (Wildman–Crippen MR) is 120 cm³/mol. The number of hydrogen-bond acceptors (Lipinski definition) is 3. The number of benzene rings is 1. The first kappa shape index (κ1) is 24.1. The number of aliphatic hydroxyl groups is 1. The van der Waals surface area contributed by atoms with Crippen LogP contribution in [0.5, 0.6) is 0 Å². The average Bonchev–Trinajstić information content (AvgIpc) is 2.66. The number of piperidine rings is 1. The van der Waals surface area contributed by atoms with Crippen molar-refractivity contribution in [1.29, 1.82) is 0 Å². The number of guanidine groups is 1.